The summed E-state index contributed by atoms with van der Waals surface area (Å²) in [6.45, 7) is 0. The Morgan fingerprint density at radius 2 is 1.90 bits per heavy atom. The molecular weight excluding hydrogens is 272 g/mol. The topological polar surface area (TPSA) is 48.8 Å². The summed E-state index contributed by atoms with van der Waals surface area (Å²) >= 11 is 6.12. The number of hydrogen-bond donors (Lipinski definition) is 2. The van der Waals surface area contributed by atoms with Crippen molar-refractivity contribution in [2.24, 2.45) is 10.1 Å². The van der Waals surface area contributed by atoms with Gasteiger partial charge in [-0.25, -0.2) is 5.43 Å². The van der Waals surface area contributed by atoms with E-state index in [2.05, 4.69) is 20.8 Å². The average Bonchev–Trinajstić information content (AvgIpc) is 2.67. The van der Waals surface area contributed by atoms with Crippen LogP contribution >= 0.6 is 11.6 Å². The van der Waals surface area contributed by atoms with Gasteiger partial charge in [-0.05, 0) is 18.2 Å². The van der Waals surface area contributed by atoms with Crippen LogP contribution in [0.4, 0.5) is 5.69 Å². The predicted molar refractivity (Wildman–Crippen MR) is 83.7 cm³/mol. The molecule has 0 fully saturated rings. The summed E-state index contributed by atoms with van der Waals surface area (Å²) in [6, 6.07) is 15.6. The Hall–Kier alpha value is -2.33. The summed E-state index contributed by atoms with van der Waals surface area (Å²) in [7, 11) is 1.70. The molecule has 1 aliphatic rings. The second-order valence-electron chi connectivity index (χ2n) is 4.33. The second kappa shape index (κ2) is 5.35. The predicted octanol–water partition coefficient (Wildman–Crippen LogP) is 3.09. The number of hydrogen-bond acceptors (Lipinski definition) is 2. The third-order valence-electron chi connectivity index (χ3n) is 3.03. The zero-order valence-electron chi connectivity index (χ0n) is 10.9. The van der Waals surface area contributed by atoms with E-state index in [1.165, 1.54) is 0 Å². The zero-order chi connectivity index (χ0) is 13.9. The van der Waals surface area contributed by atoms with Crippen LogP contribution in [0.1, 0.15) is 11.1 Å². The number of fused-ring (bicyclic) bond motifs is 1. The highest BCUT2D eigenvalue weighted by molar-refractivity contribution is 6.31. The van der Waals surface area contributed by atoms with E-state index in [1.54, 1.807) is 7.05 Å². The first-order valence-electron chi connectivity index (χ1n) is 6.21. The quantitative estimate of drug-likeness (QED) is 0.845. The molecule has 0 unspecified atom stereocenters. The molecule has 2 aromatic rings. The van der Waals surface area contributed by atoms with E-state index in [-0.39, 0.29) is 0 Å². The number of nitrogens with zero attached hydrogens (tertiary/aromatic N) is 2. The lowest BCUT2D eigenvalue weighted by Crippen LogP contribution is -2.25. The van der Waals surface area contributed by atoms with Crippen LogP contribution in [0, 0.1) is 0 Å². The third kappa shape index (κ3) is 2.38. The molecule has 0 saturated heterocycles. The van der Waals surface area contributed by atoms with Crippen LogP contribution in [-0.2, 0) is 0 Å². The monoisotopic (exact) mass is 284 g/mol. The molecule has 20 heavy (non-hydrogen) atoms. The molecule has 1 heterocycles. The Labute approximate surface area is 122 Å². The van der Waals surface area contributed by atoms with Crippen LogP contribution in [-0.4, -0.2) is 18.7 Å². The molecule has 0 aliphatic carbocycles. The van der Waals surface area contributed by atoms with Crippen molar-refractivity contribution in [2.75, 3.05) is 12.4 Å². The minimum Gasteiger partial charge on any atom is -0.324 e. The molecule has 5 heteroatoms. The van der Waals surface area contributed by atoms with Crippen molar-refractivity contribution >= 4 is 29.0 Å². The number of halogens is 1. The second-order valence-corrected chi connectivity index (χ2v) is 4.76. The van der Waals surface area contributed by atoms with E-state index in [9.17, 15) is 0 Å². The van der Waals surface area contributed by atoms with Crippen molar-refractivity contribution in [2.45, 2.75) is 0 Å². The lowest BCUT2D eigenvalue weighted by Gasteiger charge is -2.10. The van der Waals surface area contributed by atoms with Crippen molar-refractivity contribution < 1.29 is 0 Å². The van der Waals surface area contributed by atoms with Gasteiger partial charge in [-0.15, -0.1) is 0 Å². The number of rotatable bonds is 1. The minimum atomic E-state index is 0.597. The minimum absolute atomic E-state index is 0.597. The number of nitrogens with one attached hydrogen (secondary N) is 2. The first-order chi connectivity index (χ1) is 9.78. The van der Waals surface area contributed by atoms with Gasteiger partial charge in [0.05, 0.1) is 11.4 Å². The summed E-state index contributed by atoms with van der Waals surface area (Å²) in [4.78, 5) is 4.11. The van der Waals surface area contributed by atoms with Gasteiger partial charge in [-0.2, -0.15) is 5.10 Å². The molecule has 2 aromatic carbocycles. The molecule has 4 nitrogen and oxygen atoms in total. The van der Waals surface area contributed by atoms with Crippen LogP contribution in [0.15, 0.2) is 58.6 Å². The van der Waals surface area contributed by atoms with Crippen LogP contribution in [0.2, 0.25) is 5.02 Å². The zero-order valence-corrected chi connectivity index (χ0v) is 11.6. The van der Waals surface area contributed by atoms with Crippen molar-refractivity contribution in [3.63, 3.8) is 0 Å². The maximum atomic E-state index is 6.12. The van der Waals surface area contributed by atoms with Crippen LogP contribution in [0.25, 0.3) is 0 Å². The molecule has 2 N–H and O–H groups in total. The molecule has 0 aromatic heterocycles. The number of benzene rings is 2. The molecule has 0 bridgehead atoms. The number of aliphatic imine (C=N–C) groups is 1. The van der Waals surface area contributed by atoms with Crippen LogP contribution in [0.3, 0.4) is 0 Å². The molecule has 0 saturated carbocycles. The number of guanidine groups is 1. The van der Waals surface area contributed by atoms with Crippen LogP contribution < -0.4 is 10.7 Å². The van der Waals surface area contributed by atoms with Gasteiger partial charge in [0.15, 0.2) is 0 Å². The Bertz CT molecular complexity index is 692. The maximum Gasteiger partial charge on any atom is 0.216 e. The Morgan fingerprint density at radius 1 is 1.10 bits per heavy atom. The SMILES string of the molecule is CN=C1NN=C(c2ccccc2)c2cc(Cl)ccc2N1. The Balaban J connectivity index is 2.19. The highest BCUT2D eigenvalue weighted by atomic mass is 35.5. The first-order valence-corrected chi connectivity index (χ1v) is 6.58. The summed E-state index contributed by atoms with van der Waals surface area (Å²) in [5.74, 6) is 0.597. The first kappa shape index (κ1) is 12.7. The van der Waals surface area contributed by atoms with Gasteiger partial charge in [0, 0.05) is 23.2 Å². The van der Waals surface area contributed by atoms with Crippen LogP contribution in [0.5, 0.6) is 0 Å². The van der Waals surface area contributed by atoms with Gasteiger partial charge < -0.3 is 5.32 Å². The Morgan fingerprint density at radius 3 is 2.65 bits per heavy atom. The molecule has 100 valence electrons. The summed E-state index contributed by atoms with van der Waals surface area (Å²) < 4.78 is 0. The molecule has 0 amide bonds. The number of hydrazone groups is 1. The van der Waals surface area contributed by atoms with Gasteiger partial charge >= 0.3 is 0 Å². The maximum absolute atomic E-state index is 6.12. The highest BCUT2D eigenvalue weighted by Crippen LogP contribution is 2.25. The van der Waals surface area contributed by atoms with Gasteiger partial charge in [0.1, 0.15) is 0 Å². The molecule has 0 spiro atoms. The van der Waals surface area contributed by atoms with E-state index in [0.29, 0.717) is 11.0 Å². The van der Waals surface area contributed by atoms with Gasteiger partial charge in [0.25, 0.3) is 0 Å². The van der Waals surface area contributed by atoms with Gasteiger partial charge in [0.2, 0.25) is 5.96 Å². The average molecular weight is 285 g/mol. The van der Waals surface area contributed by atoms with Crippen molar-refractivity contribution in [1.82, 2.24) is 5.43 Å². The fourth-order valence-electron chi connectivity index (χ4n) is 2.07. The van der Waals surface area contributed by atoms with Gasteiger partial charge in [-0.3, -0.25) is 4.99 Å². The fourth-order valence-corrected chi connectivity index (χ4v) is 2.24. The molecular formula is C15H13ClN4. The standard InChI is InChI=1S/C15H13ClN4/c1-17-15-18-13-8-7-11(16)9-12(13)14(19-20-15)10-5-3-2-4-6-10/h2-9H,1H3,(H2,17,18,20). The van der Waals surface area contributed by atoms with E-state index >= 15 is 0 Å². The molecule has 0 radical (unpaired) electrons. The summed E-state index contributed by atoms with van der Waals surface area (Å²) in [6.07, 6.45) is 0. The van der Waals surface area contributed by atoms with Crippen molar-refractivity contribution in [3.8, 4) is 0 Å². The highest BCUT2D eigenvalue weighted by Gasteiger charge is 2.17. The van der Waals surface area contributed by atoms with E-state index in [1.807, 2.05) is 48.5 Å². The van der Waals surface area contributed by atoms with Crippen molar-refractivity contribution in [1.29, 1.82) is 0 Å². The van der Waals surface area contributed by atoms with E-state index in [0.717, 1.165) is 22.5 Å². The largest absolute Gasteiger partial charge is 0.324 e. The van der Waals surface area contributed by atoms with E-state index in [4.69, 9.17) is 11.6 Å². The smallest absolute Gasteiger partial charge is 0.216 e. The van der Waals surface area contributed by atoms with Gasteiger partial charge in [-0.1, -0.05) is 41.9 Å². The molecule has 3 rings (SSSR count). The normalized spacial score (nSPS) is 15.7. The molecule has 0 atom stereocenters. The number of anilines is 1. The fraction of sp³-hybridized carbons (Fsp3) is 0.0667. The Kier molecular flexibility index (Phi) is 3.39. The lowest BCUT2D eigenvalue weighted by atomic mass is 10.0. The van der Waals surface area contributed by atoms with E-state index < -0.39 is 0 Å². The molecule has 1 aliphatic heterocycles. The lowest BCUT2D eigenvalue weighted by molar-refractivity contribution is 1.02. The van der Waals surface area contributed by atoms with Crippen molar-refractivity contribution in [3.05, 3.63) is 64.7 Å². The third-order valence-corrected chi connectivity index (χ3v) is 3.27. The summed E-state index contributed by atoms with van der Waals surface area (Å²) in [5.41, 5.74) is 6.63. The summed E-state index contributed by atoms with van der Waals surface area (Å²) in [5, 5.41) is 8.32.